The summed E-state index contributed by atoms with van der Waals surface area (Å²) in [6, 6.07) is 27.0. The maximum atomic E-state index is 13.3. The fraction of sp³-hybridized carbons (Fsp3) is 0.0357. The topological polar surface area (TPSA) is 81.0 Å². The molecule has 0 atom stereocenters. The molecule has 3 aromatic carbocycles. The molecule has 0 saturated carbocycles. The lowest BCUT2D eigenvalue weighted by Crippen LogP contribution is -2.54. The number of halogens is 1. The molecular weight excluding hydrogens is 556 g/mol. The van der Waals surface area contributed by atoms with Gasteiger partial charge in [0.05, 0.1) is 5.69 Å². The third-order valence-corrected chi connectivity index (χ3v) is 6.15. The first-order valence-corrected chi connectivity index (χ1v) is 12.4. The molecule has 0 aliphatic carbocycles. The monoisotopic (exact) mass is 574 g/mol. The summed E-state index contributed by atoms with van der Waals surface area (Å²) in [4.78, 5) is 27.1. The van der Waals surface area contributed by atoms with Gasteiger partial charge in [-0.2, -0.15) is 0 Å². The smallest absolute Gasteiger partial charge is 0.270 e. The molecule has 1 aliphatic rings. The normalized spacial score (nSPS) is 14.6. The van der Waals surface area contributed by atoms with Crippen LogP contribution >= 0.6 is 28.1 Å². The first kappa shape index (κ1) is 24.5. The Balaban J connectivity index is 1.30. The van der Waals surface area contributed by atoms with Gasteiger partial charge in [-0.05, 0) is 91.1 Å². The van der Waals surface area contributed by atoms with Crippen molar-refractivity contribution >= 4 is 56.8 Å². The van der Waals surface area contributed by atoms with Gasteiger partial charge in [-0.15, -0.1) is 0 Å². The van der Waals surface area contributed by atoms with Crippen molar-refractivity contribution < 1.29 is 23.5 Å². The molecule has 2 heterocycles. The fourth-order valence-electron chi connectivity index (χ4n) is 3.56. The third kappa shape index (κ3) is 5.79. The van der Waals surface area contributed by atoms with E-state index in [0.29, 0.717) is 34.5 Å². The highest BCUT2D eigenvalue weighted by Crippen LogP contribution is 2.27. The Morgan fingerprint density at radius 2 is 1.54 bits per heavy atom. The van der Waals surface area contributed by atoms with Crippen LogP contribution in [0.5, 0.6) is 17.2 Å². The van der Waals surface area contributed by atoms with Gasteiger partial charge in [-0.25, -0.2) is 0 Å². The number of benzene rings is 3. The number of furan rings is 1. The summed E-state index contributed by atoms with van der Waals surface area (Å²) in [7, 11) is 0. The number of ether oxygens (including phenoxy) is 2. The SMILES string of the molecule is O=C1NC(=S)N(c2ccc(Oc3ccccc3)cc2)C(=O)/C1=C/c1ccc(COc2ccc(Br)cc2)o1. The van der Waals surface area contributed by atoms with Crippen LogP contribution in [0.25, 0.3) is 6.08 Å². The number of nitrogens with zero attached hydrogens (tertiary/aromatic N) is 1. The molecule has 7 nitrogen and oxygen atoms in total. The van der Waals surface area contributed by atoms with Gasteiger partial charge in [0.1, 0.15) is 40.9 Å². The van der Waals surface area contributed by atoms with Crippen LogP contribution in [-0.2, 0) is 16.2 Å². The van der Waals surface area contributed by atoms with Crippen molar-refractivity contribution in [2.24, 2.45) is 0 Å². The lowest BCUT2D eigenvalue weighted by molar-refractivity contribution is -0.122. The van der Waals surface area contributed by atoms with Crippen molar-refractivity contribution in [1.82, 2.24) is 5.32 Å². The number of thiocarbonyl (C=S) groups is 1. The van der Waals surface area contributed by atoms with E-state index in [0.717, 1.165) is 4.47 Å². The second kappa shape index (κ2) is 10.8. The van der Waals surface area contributed by atoms with E-state index in [1.807, 2.05) is 54.6 Å². The standard InChI is InChI=1S/C28H19BrN2O5S/c29-18-6-10-20(11-7-18)34-17-24-15-14-23(36-24)16-25-26(32)30-28(37)31(27(25)33)19-8-12-22(13-9-19)35-21-4-2-1-3-5-21/h1-16H,17H2,(H,30,32,37)/b25-16+. The largest absolute Gasteiger partial charge is 0.486 e. The highest BCUT2D eigenvalue weighted by atomic mass is 79.9. The van der Waals surface area contributed by atoms with Crippen LogP contribution in [0.2, 0.25) is 0 Å². The average Bonchev–Trinajstić information content (AvgIpc) is 3.35. The Bertz CT molecular complexity index is 1480. The van der Waals surface area contributed by atoms with Crippen LogP contribution in [0, 0.1) is 0 Å². The fourth-order valence-corrected chi connectivity index (χ4v) is 4.10. The van der Waals surface area contributed by atoms with Crippen molar-refractivity contribution in [3.8, 4) is 17.2 Å². The number of para-hydroxylation sites is 1. The predicted octanol–water partition coefficient (Wildman–Crippen LogP) is 6.24. The molecule has 1 aromatic heterocycles. The summed E-state index contributed by atoms with van der Waals surface area (Å²) >= 11 is 8.67. The van der Waals surface area contributed by atoms with E-state index >= 15 is 0 Å². The minimum Gasteiger partial charge on any atom is -0.486 e. The number of carbonyl (C=O) groups is 2. The van der Waals surface area contributed by atoms with Crippen molar-refractivity contribution in [3.63, 3.8) is 0 Å². The second-order valence-corrected chi connectivity index (χ2v) is 9.22. The molecule has 0 unspecified atom stereocenters. The zero-order valence-electron chi connectivity index (χ0n) is 19.2. The van der Waals surface area contributed by atoms with Crippen LogP contribution < -0.4 is 19.7 Å². The molecule has 0 spiro atoms. The van der Waals surface area contributed by atoms with Gasteiger partial charge in [0.2, 0.25) is 0 Å². The molecule has 1 saturated heterocycles. The van der Waals surface area contributed by atoms with Crippen molar-refractivity contribution in [2.45, 2.75) is 6.61 Å². The summed E-state index contributed by atoms with van der Waals surface area (Å²) in [5.74, 6) is 1.70. The average molecular weight is 575 g/mol. The van der Waals surface area contributed by atoms with Gasteiger partial charge in [0, 0.05) is 4.47 Å². The summed E-state index contributed by atoms with van der Waals surface area (Å²) in [6.45, 7) is 0.193. The maximum absolute atomic E-state index is 13.3. The molecule has 1 aliphatic heterocycles. The molecule has 2 amide bonds. The molecule has 5 rings (SSSR count). The number of carbonyl (C=O) groups excluding carboxylic acids is 2. The Hall–Kier alpha value is -4.21. The van der Waals surface area contributed by atoms with Crippen molar-refractivity contribution in [3.05, 3.63) is 113 Å². The van der Waals surface area contributed by atoms with E-state index < -0.39 is 11.8 Å². The molecule has 1 N–H and O–H groups in total. The van der Waals surface area contributed by atoms with E-state index in [-0.39, 0.29) is 17.3 Å². The molecule has 0 radical (unpaired) electrons. The number of anilines is 1. The minimum absolute atomic E-state index is 0.00749. The van der Waals surface area contributed by atoms with E-state index in [1.54, 1.807) is 36.4 Å². The van der Waals surface area contributed by atoms with E-state index in [1.165, 1.54) is 11.0 Å². The molecule has 184 valence electrons. The quantitative estimate of drug-likeness (QED) is 0.160. The molecule has 4 aromatic rings. The van der Waals surface area contributed by atoms with Gasteiger partial charge in [-0.1, -0.05) is 34.1 Å². The molecule has 37 heavy (non-hydrogen) atoms. The highest BCUT2D eigenvalue weighted by Gasteiger charge is 2.34. The lowest BCUT2D eigenvalue weighted by Gasteiger charge is -2.28. The van der Waals surface area contributed by atoms with E-state index in [2.05, 4.69) is 21.2 Å². The minimum atomic E-state index is -0.598. The van der Waals surface area contributed by atoms with Crippen LogP contribution in [-0.4, -0.2) is 16.9 Å². The van der Waals surface area contributed by atoms with Gasteiger partial charge < -0.3 is 13.9 Å². The molecule has 0 bridgehead atoms. The summed E-state index contributed by atoms with van der Waals surface area (Å²) in [5.41, 5.74) is 0.386. The van der Waals surface area contributed by atoms with Crippen LogP contribution in [0.15, 0.2) is 105 Å². The van der Waals surface area contributed by atoms with Gasteiger partial charge >= 0.3 is 0 Å². The predicted molar refractivity (Wildman–Crippen MR) is 146 cm³/mol. The first-order chi connectivity index (χ1) is 18.0. The highest BCUT2D eigenvalue weighted by molar-refractivity contribution is 9.10. The van der Waals surface area contributed by atoms with E-state index in [4.69, 9.17) is 26.1 Å². The Labute approximate surface area is 226 Å². The first-order valence-electron chi connectivity index (χ1n) is 11.2. The van der Waals surface area contributed by atoms with E-state index in [9.17, 15) is 9.59 Å². The maximum Gasteiger partial charge on any atom is 0.270 e. The van der Waals surface area contributed by atoms with Crippen LogP contribution in [0.3, 0.4) is 0 Å². The van der Waals surface area contributed by atoms with Gasteiger partial charge in [0.25, 0.3) is 11.8 Å². The lowest BCUT2D eigenvalue weighted by atomic mass is 10.1. The molecule has 1 fully saturated rings. The third-order valence-electron chi connectivity index (χ3n) is 5.34. The van der Waals surface area contributed by atoms with Crippen LogP contribution in [0.1, 0.15) is 11.5 Å². The van der Waals surface area contributed by atoms with Crippen LogP contribution in [0.4, 0.5) is 5.69 Å². The number of rotatable bonds is 7. The van der Waals surface area contributed by atoms with Crippen molar-refractivity contribution in [2.75, 3.05) is 4.90 Å². The van der Waals surface area contributed by atoms with Crippen molar-refractivity contribution in [1.29, 1.82) is 0 Å². The van der Waals surface area contributed by atoms with Gasteiger partial charge in [-0.3, -0.25) is 19.8 Å². The second-order valence-electron chi connectivity index (χ2n) is 7.91. The summed E-state index contributed by atoms with van der Waals surface area (Å²) < 4.78 is 18.2. The zero-order valence-corrected chi connectivity index (χ0v) is 21.6. The molecule has 9 heteroatoms. The Morgan fingerprint density at radius 1 is 0.865 bits per heavy atom. The number of amides is 2. The number of nitrogens with one attached hydrogen (secondary N) is 1. The Morgan fingerprint density at radius 3 is 2.27 bits per heavy atom. The zero-order chi connectivity index (χ0) is 25.8. The van der Waals surface area contributed by atoms with Gasteiger partial charge in [0.15, 0.2) is 5.11 Å². The summed E-state index contributed by atoms with van der Waals surface area (Å²) in [6.07, 6.45) is 1.39. The summed E-state index contributed by atoms with van der Waals surface area (Å²) in [5, 5.41) is 2.56. The number of hydrogen-bond acceptors (Lipinski definition) is 6. The Kier molecular flexibility index (Phi) is 7.16. The molecular formula is C28H19BrN2O5S. The number of hydrogen-bond donors (Lipinski definition) is 1.